The molecule has 0 aromatic carbocycles. The predicted molar refractivity (Wildman–Crippen MR) is 61.9 cm³/mol. The zero-order valence-corrected chi connectivity index (χ0v) is 10.0. The van der Waals surface area contributed by atoms with Gasteiger partial charge in [-0.15, -0.1) is 0 Å². The van der Waals surface area contributed by atoms with Crippen molar-refractivity contribution in [3.05, 3.63) is 17.7 Å². The number of nitrogens with one attached hydrogen (secondary N) is 1. The van der Waals surface area contributed by atoms with Crippen molar-refractivity contribution < 1.29 is 0 Å². The Morgan fingerprint density at radius 1 is 1.53 bits per heavy atom. The highest BCUT2D eigenvalue weighted by atomic mass is 15.1. The SMILES string of the molecule is CCCC(C)(C)n1cnc2c1CCNC2. The third-order valence-electron chi connectivity index (χ3n) is 3.30. The van der Waals surface area contributed by atoms with Crippen molar-refractivity contribution in [2.45, 2.75) is 52.1 Å². The van der Waals surface area contributed by atoms with Gasteiger partial charge >= 0.3 is 0 Å². The van der Waals surface area contributed by atoms with E-state index in [9.17, 15) is 0 Å². The molecule has 0 saturated heterocycles. The highest BCUT2D eigenvalue weighted by Gasteiger charge is 2.24. The van der Waals surface area contributed by atoms with Gasteiger partial charge in [-0.25, -0.2) is 4.98 Å². The Bertz CT molecular complexity index is 339. The summed E-state index contributed by atoms with van der Waals surface area (Å²) in [5.41, 5.74) is 2.89. The van der Waals surface area contributed by atoms with Crippen LogP contribution in [-0.4, -0.2) is 16.1 Å². The van der Waals surface area contributed by atoms with Crippen molar-refractivity contribution in [1.82, 2.24) is 14.9 Å². The maximum Gasteiger partial charge on any atom is 0.0957 e. The summed E-state index contributed by atoms with van der Waals surface area (Å²) in [6.07, 6.45) is 5.57. The van der Waals surface area contributed by atoms with Gasteiger partial charge in [-0.05, 0) is 20.3 Å². The van der Waals surface area contributed by atoms with E-state index in [2.05, 4.69) is 35.6 Å². The van der Waals surface area contributed by atoms with Gasteiger partial charge in [-0.2, -0.15) is 0 Å². The lowest BCUT2D eigenvalue weighted by Gasteiger charge is -2.29. The fourth-order valence-electron chi connectivity index (χ4n) is 2.49. The molecule has 1 aromatic rings. The summed E-state index contributed by atoms with van der Waals surface area (Å²) in [5.74, 6) is 0. The molecular weight excluding hydrogens is 186 g/mol. The monoisotopic (exact) mass is 207 g/mol. The van der Waals surface area contributed by atoms with Gasteiger partial charge in [0.15, 0.2) is 0 Å². The minimum atomic E-state index is 0.215. The van der Waals surface area contributed by atoms with Gasteiger partial charge < -0.3 is 9.88 Å². The van der Waals surface area contributed by atoms with Crippen LogP contribution in [0.4, 0.5) is 0 Å². The molecule has 15 heavy (non-hydrogen) atoms. The smallest absolute Gasteiger partial charge is 0.0957 e. The maximum atomic E-state index is 4.51. The van der Waals surface area contributed by atoms with Crippen LogP contribution in [0.2, 0.25) is 0 Å². The standard InChI is InChI=1S/C12H21N3/c1-4-6-12(2,3)15-9-14-10-8-13-7-5-11(10)15/h9,13H,4-8H2,1-3H3. The molecule has 3 nitrogen and oxygen atoms in total. The summed E-state index contributed by atoms with van der Waals surface area (Å²) in [5, 5.41) is 3.36. The number of aromatic nitrogens is 2. The van der Waals surface area contributed by atoms with E-state index < -0.39 is 0 Å². The highest BCUT2D eigenvalue weighted by Crippen LogP contribution is 2.26. The maximum absolute atomic E-state index is 4.51. The van der Waals surface area contributed by atoms with Crippen molar-refractivity contribution in [1.29, 1.82) is 0 Å². The van der Waals surface area contributed by atoms with Crippen molar-refractivity contribution in [3.8, 4) is 0 Å². The van der Waals surface area contributed by atoms with Crippen molar-refractivity contribution >= 4 is 0 Å². The molecule has 0 unspecified atom stereocenters. The fraction of sp³-hybridized carbons (Fsp3) is 0.750. The third kappa shape index (κ3) is 1.93. The average molecular weight is 207 g/mol. The van der Waals surface area contributed by atoms with E-state index in [0.29, 0.717) is 0 Å². The second kappa shape index (κ2) is 3.97. The zero-order chi connectivity index (χ0) is 10.9. The minimum absolute atomic E-state index is 0.215. The molecular formula is C12H21N3. The van der Waals surface area contributed by atoms with E-state index in [1.165, 1.54) is 24.2 Å². The molecule has 2 heterocycles. The number of hydrogen-bond acceptors (Lipinski definition) is 2. The average Bonchev–Trinajstić information content (AvgIpc) is 2.61. The number of nitrogens with zero attached hydrogens (tertiary/aromatic N) is 2. The van der Waals surface area contributed by atoms with E-state index in [4.69, 9.17) is 0 Å². The molecule has 84 valence electrons. The van der Waals surface area contributed by atoms with E-state index >= 15 is 0 Å². The summed E-state index contributed by atoms with van der Waals surface area (Å²) in [6.45, 7) is 8.87. The molecule has 0 radical (unpaired) electrons. The number of fused-ring (bicyclic) bond motifs is 1. The first-order chi connectivity index (χ1) is 7.15. The second-order valence-electron chi connectivity index (χ2n) is 5.00. The summed E-state index contributed by atoms with van der Waals surface area (Å²) in [7, 11) is 0. The van der Waals surface area contributed by atoms with Crippen LogP contribution in [0, 0.1) is 0 Å². The summed E-state index contributed by atoms with van der Waals surface area (Å²) < 4.78 is 2.38. The molecule has 1 N–H and O–H groups in total. The molecule has 0 fully saturated rings. The predicted octanol–water partition coefficient (Wildman–Crippen LogP) is 2.06. The molecule has 0 bridgehead atoms. The topological polar surface area (TPSA) is 29.9 Å². The lowest BCUT2D eigenvalue weighted by molar-refractivity contribution is 0.313. The Hall–Kier alpha value is -0.830. The molecule has 0 spiro atoms. The van der Waals surface area contributed by atoms with Crippen LogP contribution >= 0.6 is 0 Å². The number of rotatable bonds is 3. The van der Waals surface area contributed by atoms with Crippen LogP contribution < -0.4 is 5.32 Å². The van der Waals surface area contributed by atoms with Gasteiger partial charge in [0, 0.05) is 30.7 Å². The van der Waals surface area contributed by atoms with E-state index in [1.807, 2.05) is 6.33 Å². The van der Waals surface area contributed by atoms with Gasteiger partial charge in [0.05, 0.1) is 12.0 Å². The van der Waals surface area contributed by atoms with Crippen LogP contribution in [0.3, 0.4) is 0 Å². The summed E-state index contributed by atoms with van der Waals surface area (Å²) in [6, 6.07) is 0. The molecule has 1 aromatic heterocycles. The van der Waals surface area contributed by atoms with E-state index in [-0.39, 0.29) is 5.54 Å². The Balaban J connectivity index is 2.32. The summed E-state index contributed by atoms with van der Waals surface area (Å²) >= 11 is 0. The first-order valence-electron chi connectivity index (χ1n) is 5.91. The van der Waals surface area contributed by atoms with Crippen molar-refractivity contribution in [2.24, 2.45) is 0 Å². The Morgan fingerprint density at radius 3 is 3.07 bits per heavy atom. The van der Waals surface area contributed by atoms with Crippen molar-refractivity contribution in [3.63, 3.8) is 0 Å². The lowest BCUT2D eigenvalue weighted by atomic mass is 9.97. The quantitative estimate of drug-likeness (QED) is 0.822. The van der Waals surface area contributed by atoms with Gasteiger partial charge in [0.25, 0.3) is 0 Å². The molecule has 1 aliphatic rings. The van der Waals surface area contributed by atoms with Crippen LogP contribution in [0.15, 0.2) is 6.33 Å². The Labute approximate surface area is 91.9 Å². The van der Waals surface area contributed by atoms with Gasteiger partial charge in [-0.1, -0.05) is 13.3 Å². The van der Waals surface area contributed by atoms with Crippen LogP contribution in [-0.2, 0) is 18.5 Å². The Kier molecular flexibility index (Phi) is 2.83. The fourth-order valence-corrected chi connectivity index (χ4v) is 2.49. The van der Waals surface area contributed by atoms with Gasteiger partial charge in [0.1, 0.15) is 0 Å². The summed E-state index contributed by atoms with van der Waals surface area (Å²) in [4.78, 5) is 4.51. The van der Waals surface area contributed by atoms with Crippen molar-refractivity contribution in [2.75, 3.05) is 6.54 Å². The van der Waals surface area contributed by atoms with Gasteiger partial charge in [0.2, 0.25) is 0 Å². The normalized spacial score (nSPS) is 16.5. The molecule has 0 aliphatic carbocycles. The molecule has 0 atom stereocenters. The van der Waals surface area contributed by atoms with Gasteiger partial charge in [-0.3, -0.25) is 0 Å². The molecule has 2 rings (SSSR count). The molecule has 0 saturated carbocycles. The highest BCUT2D eigenvalue weighted by molar-refractivity contribution is 5.18. The number of imidazole rings is 1. The third-order valence-corrected chi connectivity index (χ3v) is 3.30. The minimum Gasteiger partial charge on any atom is -0.329 e. The van der Waals surface area contributed by atoms with E-state index in [1.54, 1.807) is 0 Å². The largest absolute Gasteiger partial charge is 0.329 e. The zero-order valence-electron chi connectivity index (χ0n) is 10.0. The van der Waals surface area contributed by atoms with E-state index in [0.717, 1.165) is 19.5 Å². The lowest BCUT2D eigenvalue weighted by Crippen LogP contribution is -2.31. The molecule has 3 heteroatoms. The Morgan fingerprint density at radius 2 is 2.33 bits per heavy atom. The van der Waals surface area contributed by atoms with Crippen LogP contribution in [0.5, 0.6) is 0 Å². The molecule has 0 amide bonds. The van der Waals surface area contributed by atoms with Crippen LogP contribution in [0.1, 0.15) is 45.0 Å². The number of hydrogen-bond donors (Lipinski definition) is 1. The van der Waals surface area contributed by atoms with Crippen LogP contribution in [0.25, 0.3) is 0 Å². The second-order valence-corrected chi connectivity index (χ2v) is 5.00. The molecule has 1 aliphatic heterocycles. The first-order valence-corrected chi connectivity index (χ1v) is 5.91. The first kappa shape index (κ1) is 10.7.